The average Bonchev–Trinajstić information content (AvgIpc) is 2.17. The molecule has 0 saturated carbocycles. The van der Waals surface area contributed by atoms with Gasteiger partial charge in [-0.05, 0) is 44.1 Å². The third-order valence-corrected chi connectivity index (χ3v) is 2.32. The first-order chi connectivity index (χ1) is 6.72. The fourth-order valence-corrected chi connectivity index (χ4v) is 1.48. The highest BCUT2D eigenvalue weighted by Crippen LogP contribution is 2.10. The van der Waals surface area contributed by atoms with E-state index in [0.717, 1.165) is 19.5 Å². The van der Waals surface area contributed by atoms with Crippen molar-refractivity contribution in [3.63, 3.8) is 0 Å². The lowest BCUT2D eigenvalue weighted by molar-refractivity contribution is 0.339. The molecule has 0 aliphatic rings. The molecule has 0 fully saturated rings. The molecule has 0 heterocycles. The molecule has 2 nitrogen and oxygen atoms in total. The molecular formula is C12H19NO. The molecule has 0 spiro atoms. The summed E-state index contributed by atoms with van der Waals surface area (Å²) in [6.07, 6.45) is 2.25. The molecule has 1 N–H and O–H groups in total. The van der Waals surface area contributed by atoms with E-state index in [9.17, 15) is 0 Å². The molecule has 0 aliphatic carbocycles. The first kappa shape index (κ1) is 11.1. The summed E-state index contributed by atoms with van der Waals surface area (Å²) in [4.78, 5) is 2.33. The predicted molar refractivity (Wildman–Crippen MR) is 59.6 cm³/mol. The fourth-order valence-electron chi connectivity index (χ4n) is 1.48. The van der Waals surface area contributed by atoms with Crippen LogP contribution in [0, 0.1) is 0 Å². The molecule has 0 unspecified atom stereocenters. The number of likely N-dealkylation sites (N-methyl/N-ethyl adjacent to an activating group) is 1. The van der Waals surface area contributed by atoms with Crippen LogP contribution < -0.4 is 0 Å². The monoisotopic (exact) mass is 193 g/mol. The third kappa shape index (κ3) is 3.79. The van der Waals surface area contributed by atoms with Crippen LogP contribution in [0.15, 0.2) is 24.3 Å². The number of hydrogen-bond acceptors (Lipinski definition) is 2. The minimum atomic E-state index is 0.343. The van der Waals surface area contributed by atoms with Crippen LogP contribution in [0.2, 0.25) is 0 Å². The van der Waals surface area contributed by atoms with Gasteiger partial charge in [-0.3, -0.25) is 0 Å². The van der Waals surface area contributed by atoms with Gasteiger partial charge < -0.3 is 10.0 Å². The van der Waals surface area contributed by atoms with Crippen molar-refractivity contribution in [3.8, 4) is 5.75 Å². The molecule has 14 heavy (non-hydrogen) atoms. The van der Waals surface area contributed by atoms with E-state index in [4.69, 9.17) is 5.11 Å². The summed E-state index contributed by atoms with van der Waals surface area (Å²) in [5.74, 6) is 0.343. The van der Waals surface area contributed by atoms with Gasteiger partial charge in [0.25, 0.3) is 0 Å². The minimum absolute atomic E-state index is 0.343. The van der Waals surface area contributed by atoms with Crippen LogP contribution in [0.1, 0.15) is 18.9 Å². The Balaban J connectivity index is 2.34. The van der Waals surface area contributed by atoms with Crippen molar-refractivity contribution >= 4 is 0 Å². The van der Waals surface area contributed by atoms with E-state index in [1.165, 1.54) is 12.0 Å². The van der Waals surface area contributed by atoms with E-state index in [2.05, 4.69) is 18.9 Å². The van der Waals surface area contributed by atoms with Crippen molar-refractivity contribution in [2.24, 2.45) is 0 Å². The van der Waals surface area contributed by atoms with Gasteiger partial charge in [0.2, 0.25) is 0 Å². The number of phenols is 1. The Morgan fingerprint density at radius 2 is 1.79 bits per heavy atom. The predicted octanol–water partition coefficient (Wildman–Crippen LogP) is 2.28. The summed E-state index contributed by atoms with van der Waals surface area (Å²) < 4.78 is 0. The second-order valence-electron chi connectivity index (χ2n) is 3.72. The second-order valence-corrected chi connectivity index (χ2v) is 3.72. The van der Waals surface area contributed by atoms with Crippen LogP contribution in [-0.2, 0) is 6.42 Å². The summed E-state index contributed by atoms with van der Waals surface area (Å²) in [6.45, 7) is 4.42. The second kappa shape index (κ2) is 5.66. The van der Waals surface area contributed by atoms with E-state index in [1.54, 1.807) is 12.1 Å². The number of nitrogens with zero attached hydrogens (tertiary/aromatic N) is 1. The van der Waals surface area contributed by atoms with E-state index in [1.807, 2.05) is 12.1 Å². The van der Waals surface area contributed by atoms with Crippen molar-refractivity contribution in [1.29, 1.82) is 0 Å². The number of rotatable bonds is 5. The minimum Gasteiger partial charge on any atom is -0.508 e. The molecule has 0 radical (unpaired) electrons. The lowest BCUT2D eigenvalue weighted by Crippen LogP contribution is -2.21. The fraction of sp³-hybridized carbons (Fsp3) is 0.500. The standard InChI is InChI=1S/C12H19NO/c1-3-9-13(2)10-8-11-4-6-12(14)7-5-11/h4-7,14H,3,8-10H2,1-2H3. The number of aromatic hydroxyl groups is 1. The Morgan fingerprint density at radius 1 is 1.14 bits per heavy atom. The van der Waals surface area contributed by atoms with Gasteiger partial charge in [-0.1, -0.05) is 19.1 Å². The zero-order valence-electron chi connectivity index (χ0n) is 9.03. The van der Waals surface area contributed by atoms with Gasteiger partial charge in [-0.15, -0.1) is 0 Å². The number of hydrogen-bond donors (Lipinski definition) is 1. The Kier molecular flexibility index (Phi) is 4.47. The molecule has 0 amide bonds. The maximum Gasteiger partial charge on any atom is 0.115 e. The number of phenolic OH excluding ortho intramolecular Hbond substituents is 1. The highest BCUT2D eigenvalue weighted by atomic mass is 16.3. The molecule has 1 aromatic rings. The lowest BCUT2D eigenvalue weighted by atomic mass is 10.1. The molecule has 78 valence electrons. The maximum atomic E-state index is 9.11. The van der Waals surface area contributed by atoms with Crippen molar-refractivity contribution < 1.29 is 5.11 Å². The van der Waals surface area contributed by atoms with Crippen LogP contribution in [0.4, 0.5) is 0 Å². The number of benzene rings is 1. The van der Waals surface area contributed by atoms with Crippen molar-refractivity contribution in [1.82, 2.24) is 4.90 Å². The summed E-state index contributed by atoms with van der Waals surface area (Å²) in [5.41, 5.74) is 1.28. The normalized spacial score (nSPS) is 10.8. The molecule has 0 bridgehead atoms. The summed E-state index contributed by atoms with van der Waals surface area (Å²) in [7, 11) is 2.14. The largest absolute Gasteiger partial charge is 0.508 e. The van der Waals surface area contributed by atoms with Gasteiger partial charge in [0, 0.05) is 6.54 Å². The van der Waals surface area contributed by atoms with Crippen LogP contribution in [0.25, 0.3) is 0 Å². The highest BCUT2D eigenvalue weighted by Gasteiger charge is 1.97. The molecule has 1 aromatic carbocycles. The SMILES string of the molecule is CCCN(C)CCc1ccc(O)cc1. The van der Waals surface area contributed by atoms with Gasteiger partial charge in [0.05, 0.1) is 0 Å². The Hall–Kier alpha value is -1.02. The van der Waals surface area contributed by atoms with Gasteiger partial charge in [-0.2, -0.15) is 0 Å². The van der Waals surface area contributed by atoms with Gasteiger partial charge in [0.1, 0.15) is 5.75 Å². The zero-order chi connectivity index (χ0) is 10.4. The molecular weight excluding hydrogens is 174 g/mol. The molecule has 2 heteroatoms. The molecule has 0 saturated heterocycles. The molecule has 0 aromatic heterocycles. The smallest absolute Gasteiger partial charge is 0.115 e. The zero-order valence-corrected chi connectivity index (χ0v) is 9.03. The van der Waals surface area contributed by atoms with Gasteiger partial charge >= 0.3 is 0 Å². The van der Waals surface area contributed by atoms with Crippen molar-refractivity contribution in [2.75, 3.05) is 20.1 Å². The van der Waals surface area contributed by atoms with Crippen LogP contribution >= 0.6 is 0 Å². The van der Waals surface area contributed by atoms with E-state index >= 15 is 0 Å². The van der Waals surface area contributed by atoms with Crippen LogP contribution in [-0.4, -0.2) is 30.1 Å². The summed E-state index contributed by atoms with van der Waals surface area (Å²) in [5, 5.41) is 9.11. The van der Waals surface area contributed by atoms with E-state index in [0.29, 0.717) is 5.75 Å². The topological polar surface area (TPSA) is 23.5 Å². The first-order valence-corrected chi connectivity index (χ1v) is 5.19. The Morgan fingerprint density at radius 3 is 2.36 bits per heavy atom. The van der Waals surface area contributed by atoms with Crippen molar-refractivity contribution in [3.05, 3.63) is 29.8 Å². The summed E-state index contributed by atoms with van der Waals surface area (Å²) >= 11 is 0. The summed E-state index contributed by atoms with van der Waals surface area (Å²) in [6, 6.07) is 7.45. The van der Waals surface area contributed by atoms with Crippen molar-refractivity contribution in [2.45, 2.75) is 19.8 Å². The van der Waals surface area contributed by atoms with E-state index < -0.39 is 0 Å². The first-order valence-electron chi connectivity index (χ1n) is 5.19. The van der Waals surface area contributed by atoms with Crippen LogP contribution in [0.3, 0.4) is 0 Å². The quantitative estimate of drug-likeness (QED) is 0.775. The third-order valence-electron chi connectivity index (χ3n) is 2.32. The van der Waals surface area contributed by atoms with E-state index in [-0.39, 0.29) is 0 Å². The molecule has 1 rings (SSSR count). The van der Waals surface area contributed by atoms with Crippen LogP contribution in [0.5, 0.6) is 5.75 Å². The average molecular weight is 193 g/mol. The molecule has 0 aliphatic heterocycles. The van der Waals surface area contributed by atoms with Gasteiger partial charge in [0.15, 0.2) is 0 Å². The Bertz CT molecular complexity index is 256. The Labute approximate surface area is 86.2 Å². The molecule has 0 atom stereocenters. The maximum absolute atomic E-state index is 9.11. The lowest BCUT2D eigenvalue weighted by Gasteiger charge is -2.14. The highest BCUT2D eigenvalue weighted by molar-refractivity contribution is 5.25. The van der Waals surface area contributed by atoms with Gasteiger partial charge in [-0.25, -0.2) is 0 Å².